The van der Waals surface area contributed by atoms with Gasteiger partial charge in [-0.1, -0.05) is 142 Å². The second-order valence-corrected chi connectivity index (χ2v) is 15.2. The molecule has 0 rings (SSSR count). The summed E-state index contributed by atoms with van der Waals surface area (Å²) >= 11 is 0. The highest BCUT2D eigenvalue weighted by Crippen LogP contribution is 2.43. The molecule has 11 nitrogen and oxygen atoms in total. The van der Waals surface area contributed by atoms with Crippen LogP contribution in [0.5, 0.6) is 0 Å². The van der Waals surface area contributed by atoms with Gasteiger partial charge in [-0.3, -0.25) is 18.6 Å². The van der Waals surface area contributed by atoms with Gasteiger partial charge in [0.05, 0.1) is 13.2 Å². The van der Waals surface area contributed by atoms with Crippen LogP contribution >= 0.6 is 7.82 Å². The molecule has 0 spiro atoms. The van der Waals surface area contributed by atoms with E-state index in [9.17, 15) is 34.1 Å². The van der Waals surface area contributed by atoms with Crippen LogP contribution in [0, 0.1) is 0 Å². The third-order valence-corrected chi connectivity index (χ3v) is 9.20. The second kappa shape index (κ2) is 41.6. The minimum absolute atomic E-state index is 0.0549. The van der Waals surface area contributed by atoms with E-state index in [1.165, 1.54) is 0 Å². The van der Waals surface area contributed by atoms with Gasteiger partial charge in [-0.15, -0.1) is 0 Å². The van der Waals surface area contributed by atoms with Crippen LogP contribution in [0.1, 0.15) is 129 Å². The van der Waals surface area contributed by atoms with E-state index >= 15 is 0 Å². The number of ether oxygens (including phenoxy) is 1. The van der Waals surface area contributed by atoms with Crippen molar-refractivity contribution in [1.82, 2.24) is 5.32 Å². The Hall–Kier alpha value is -4.12. The number of carbonyl (C=O) groups excluding carboxylic acids is 2. The largest absolute Gasteiger partial charge is 0.480 e. The zero-order valence-corrected chi connectivity index (χ0v) is 37.1. The SMILES string of the molecule is CC/C=C\C/C=C\C/C=C\C/C=C\C/C=C\C/C=C\C/C=C\CCCC(=O)NC(COP(=O)(O)OCC(O)COC(=O)CCCCC/C=C\C/C=C\C/C=C\CC)C(=O)O. The number of hydrogen-bond acceptors (Lipinski definition) is 8. The minimum atomic E-state index is -4.79. The Morgan fingerprint density at radius 1 is 0.533 bits per heavy atom. The lowest BCUT2D eigenvalue weighted by atomic mass is 10.1. The number of amides is 1. The molecule has 60 heavy (non-hydrogen) atoms. The molecule has 0 aliphatic heterocycles. The lowest BCUT2D eigenvalue weighted by Gasteiger charge is -2.18. The maximum absolute atomic E-state index is 12.3. The number of phosphoric ester groups is 1. The summed E-state index contributed by atoms with van der Waals surface area (Å²) < 4.78 is 26.7. The Kier molecular flexibility index (Phi) is 38.8. The van der Waals surface area contributed by atoms with Crippen molar-refractivity contribution in [2.75, 3.05) is 19.8 Å². The Morgan fingerprint density at radius 2 is 0.933 bits per heavy atom. The second-order valence-electron chi connectivity index (χ2n) is 13.8. The molecular formula is C48H74NO10P. The molecule has 0 heterocycles. The summed E-state index contributed by atoms with van der Waals surface area (Å²) in [5.41, 5.74) is 0. The van der Waals surface area contributed by atoms with Crippen molar-refractivity contribution in [2.24, 2.45) is 0 Å². The number of rotatable bonds is 38. The normalized spacial score (nSPS) is 14.9. The molecule has 3 atom stereocenters. The van der Waals surface area contributed by atoms with Crippen molar-refractivity contribution in [1.29, 1.82) is 0 Å². The van der Waals surface area contributed by atoms with Crippen molar-refractivity contribution in [3.8, 4) is 0 Å². The zero-order chi connectivity index (χ0) is 44.2. The average Bonchev–Trinajstić information content (AvgIpc) is 3.22. The molecule has 12 heteroatoms. The van der Waals surface area contributed by atoms with Gasteiger partial charge >= 0.3 is 19.8 Å². The molecule has 0 aromatic heterocycles. The molecule has 0 aromatic rings. The smallest absolute Gasteiger partial charge is 0.472 e. The molecule has 1 amide bonds. The van der Waals surface area contributed by atoms with Gasteiger partial charge in [0.25, 0.3) is 0 Å². The van der Waals surface area contributed by atoms with Crippen LogP contribution in [0.15, 0.2) is 122 Å². The number of esters is 1. The molecule has 0 aliphatic rings. The van der Waals surface area contributed by atoms with Crippen LogP contribution in [0.25, 0.3) is 0 Å². The Bertz CT molecular complexity index is 1470. The monoisotopic (exact) mass is 856 g/mol. The standard InChI is InChI=1S/C48H74NO10P/c1-3-5-7-9-11-13-15-17-18-19-20-21-22-23-24-25-26-28-29-31-33-35-37-39-46(51)49-45(48(53)54)43-59-60(55,56)58-42-44(50)41-57-47(52)40-38-36-34-32-30-27-16-14-12-10-8-6-4-2/h5-8,11-14,17-18,20-21,23-24,26-28,30-31,33,44-45,50H,3-4,9-10,15-16,19,22,25,29,32,34-43H2,1-2H3,(H,49,51)(H,53,54)(H,55,56)/b7-5-,8-6-,13-11-,14-12-,18-17-,21-20-,24-23-,28-26-,30-27-,33-31-. The Morgan fingerprint density at radius 3 is 1.37 bits per heavy atom. The third kappa shape index (κ3) is 40.7. The number of aliphatic hydroxyl groups is 1. The van der Waals surface area contributed by atoms with E-state index in [2.05, 4.69) is 129 Å². The predicted molar refractivity (Wildman–Crippen MR) is 244 cm³/mol. The quantitative estimate of drug-likeness (QED) is 0.0203. The maximum atomic E-state index is 12.3. The minimum Gasteiger partial charge on any atom is -0.480 e. The number of allylic oxidation sites excluding steroid dienone is 20. The number of nitrogens with one attached hydrogen (secondary N) is 1. The molecule has 0 saturated carbocycles. The predicted octanol–water partition coefficient (Wildman–Crippen LogP) is 11.2. The summed E-state index contributed by atoms with van der Waals surface area (Å²) in [6, 6.07) is -1.59. The number of hydrogen-bond donors (Lipinski definition) is 4. The van der Waals surface area contributed by atoms with Gasteiger partial charge in [0.1, 0.15) is 12.7 Å². The highest BCUT2D eigenvalue weighted by molar-refractivity contribution is 7.47. The fourth-order valence-corrected chi connectivity index (χ4v) is 5.74. The van der Waals surface area contributed by atoms with E-state index in [1.807, 2.05) is 12.2 Å². The van der Waals surface area contributed by atoms with Crippen molar-refractivity contribution in [2.45, 2.75) is 142 Å². The first-order valence-corrected chi connectivity index (χ1v) is 23.1. The molecule has 0 saturated heterocycles. The van der Waals surface area contributed by atoms with Crippen LogP contribution in [-0.2, 0) is 32.7 Å². The molecular weight excluding hydrogens is 781 g/mol. The van der Waals surface area contributed by atoms with Crippen molar-refractivity contribution in [3.05, 3.63) is 122 Å². The lowest BCUT2D eigenvalue weighted by molar-refractivity contribution is -0.147. The Balaban J connectivity index is 4.08. The lowest BCUT2D eigenvalue weighted by Crippen LogP contribution is -2.43. The number of carbonyl (C=O) groups is 3. The molecule has 0 bridgehead atoms. The maximum Gasteiger partial charge on any atom is 0.472 e. The van der Waals surface area contributed by atoms with Gasteiger partial charge in [0, 0.05) is 12.8 Å². The van der Waals surface area contributed by atoms with E-state index in [-0.39, 0.29) is 12.8 Å². The molecule has 4 N–H and O–H groups in total. The highest BCUT2D eigenvalue weighted by atomic mass is 31.2. The summed E-state index contributed by atoms with van der Waals surface area (Å²) in [5.74, 6) is -2.51. The van der Waals surface area contributed by atoms with Gasteiger partial charge in [-0.2, -0.15) is 0 Å². The topological polar surface area (TPSA) is 169 Å². The molecule has 0 fully saturated rings. The first kappa shape index (κ1) is 55.9. The summed E-state index contributed by atoms with van der Waals surface area (Å²) in [6.45, 7) is 2.26. The number of aliphatic carboxylic acids is 1. The van der Waals surface area contributed by atoms with Crippen LogP contribution in [0.4, 0.5) is 0 Å². The molecule has 336 valence electrons. The summed E-state index contributed by atoms with van der Waals surface area (Å²) in [7, 11) is -4.79. The summed E-state index contributed by atoms with van der Waals surface area (Å²) in [4.78, 5) is 45.9. The van der Waals surface area contributed by atoms with Crippen LogP contribution in [0.2, 0.25) is 0 Å². The van der Waals surface area contributed by atoms with Gasteiger partial charge in [-0.05, 0) is 96.3 Å². The van der Waals surface area contributed by atoms with E-state index in [1.54, 1.807) is 0 Å². The number of phosphoric acid groups is 1. The van der Waals surface area contributed by atoms with Crippen LogP contribution in [0.3, 0.4) is 0 Å². The van der Waals surface area contributed by atoms with Crippen molar-refractivity contribution in [3.63, 3.8) is 0 Å². The van der Waals surface area contributed by atoms with Gasteiger partial charge in [-0.25, -0.2) is 9.36 Å². The molecule has 3 unspecified atom stereocenters. The van der Waals surface area contributed by atoms with Crippen LogP contribution in [-0.4, -0.2) is 64.9 Å². The highest BCUT2D eigenvalue weighted by Gasteiger charge is 2.28. The zero-order valence-electron chi connectivity index (χ0n) is 36.2. The number of carboxylic acids is 1. The molecule has 0 radical (unpaired) electrons. The number of carboxylic acid groups (broad SMARTS) is 1. The van der Waals surface area contributed by atoms with E-state index < -0.39 is 57.6 Å². The average molecular weight is 856 g/mol. The third-order valence-electron chi connectivity index (χ3n) is 8.25. The van der Waals surface area contributed by atoms with Crippen molar-refractivity contribution < 1.29 is 47.8 Å². The Labute approximate surface area is 360 Å². The summed E-state index contributed by atoms with van der Waals surface area (Å²) in [5, 5.41) is 21.8. The fourth-order valence-electron chi connectivity index (χ4n) is 4.96. The van der Waals surface area contributed by atoms with Gasteiger partial charge in [0.2, 0.25) is 5.91 Å². The van der Waals surface area contributed by atoms with Gasteiger partial charge < -0.3 is 25.2 Å². The van der Waals surface area contributed by atoms with Crippen molar-refractivity contribution >= 4 is 25.7 Å². The van der Waals surface area contributed by atoms with E-state index in [0.717, 1.165) is 83.5 Å². The first-order chi connectivity index (χ1) is 29.1. The number of unbranched alkanes of at least 4 members (excludes halogenated alkanes) is 4. The van der Waals surface area contributed by atoms with Gasteiger partial charge in [0.15, 0.2) is 6.04 Å². The summed E-state index contributed by atoms with van der Waals surface area (Å²) in [6.07, 6.45) is 55.2. The van der Waals surface area contributed by atoms with E-state index in [0.29, 0.717) is 19.3 Å². The van der Waals surface area contributed by atoms with E-state index in [4.69, 9.17) is 13.8 Å². The molecule has 0 aliphatic carbocycles. The fraction of sp³-hybridized carbons (Fsp3) is 0.521. The first-order valence-electron chi connectivity index (χ1n) is 21.6. The number of aliphatic hydroxyl groups excluding tert-OH is 1. The van der Waals surface area contributed by atoms with Crippen LogP contribution < -0.4 is 5.32 Å². The molecule has 0 aromatic carbocycles.